The first-order valence-corrected chi connectivity index (χ1v) is 7.85. The summed E-state index contributed by atoms with van der Waals surface area (Å²) in [6, 6.07) is 3.75. The topological polar surface area (TPSA) is 46.0 Å². The third-order valence-electron chi connectivity index (χ3n) is 3.21. The van der Waals surface area contributed by atoms with Gasteiger partial charge in [0.15, 0.2) is 0 Å². The second-order valence-corrected chi connectivity index (χ2v) is 6.26. The first kappa shape index (κ1) is 16.4. The van der Waals surface area contributed by atoms with Gasteiger partial charge < -0.3 is 10.2 Å². The number of pyridine rings is 1. The van der Waals surface area contributed by atoms with Gasteiger partial charge in [-0.15, -0.1) is 0 Å². The summed E-state index contributed by atoms with van der Waals surface area (Å²) in [5.41, 5.74) is 1.83. The Bertz CT molecular complexity index is 599. The van der Waals surface area contributed by atoms with E-state index in [4.69, 9.17) is 11.6 Å². The van der Waals surface area contributed by atoms with Crippen LogP contribution in [0.15, 0.2) is 29.0 Å². The first-order chi connectivity index (χ1) is 10.0. The van der Waals surface area contributed by atoms with Gasteiger partial charge >= 0.3 is 0 Å². The third-order valence-corrected chi connectivity index (χ3v) is 4.18. The first-order valence-electron chi connectivity index (χ1n) is 6.68. The highest BCUT2D eigenvalue weighted by Gasteiger charge is 2.23. The van der Waals surface area contributed by atoms with Crippen molar-refractivity contribution in [1.82, 2.24) is 25.0 Å². The lowest BCUT2D eigenvalue weighted by Crippen LogP contribution is -2.26. The molecule has 21 heavy (non-hydrogen) atoms. The number of hydrogen-bond donors (Lipinski definition) is 1. The molecule has 2 aromatic heterocycles. The fourth-order valence-corrected chi connectivity index (χ4v) is 2.88. The zero-order valence-electron chi connectivity index (χ0n) is 12.3. The molecule has 0 aliphatic heterocycles. The lowest BCUT2D eigenvalue weighted by molar-refractivity contribution is 0.366. The zero-order valence-corrected chi connectivity index (χ0v) is 14.7. The highest BCUT2D eigenvalue weighted by Crippen LogP contribution is 2.30. The molecule has 0 aliphatic rings. The molecule has 0 aliphatic carbocycles. The zero-order chi connectivity index (χ0) is 15.4. The minimum atomic E-state index is -0.113. The predicted octanol–water partition coefficient (Wildman–Crippen LogP) is 2.56. The largest absolute Gasteiger partial charge is 0.308 e. The van der Waals surface area contributed by atoms with Gasteiger partial charge in [0.1, 0.15) is 0 Å². The van der Waals surface area contributed by atoms with Crippen LogP contribution in [0, 0.1) is 0 Å². The molecule has 0 aromatic carbocycles. The molecule has 5 nitrogen and oxygen atoms in total. The van der Waals surface area contributed by atoms with Crippen molar-refractivity contribution in [3.63, 3.8) is 0 Å². The van der Waals surface area contributed by atoms with E-state index in [0.717, 1.165) is 29.0 Å². The van der Waals surface area contributed by atoms with Gasteiger partial charge in [-0.2, -0.15) is 5.10 Å². The van der Waals surface area contributed by atoms with Gasteiger partial charge in [-0.25, -0.2) is 0 Å². The van der Waals surface area contributed by atoms with Crippen molar-refractivity contribution in [3.8, 4) is 0 Å². The molecule has 0 fully saturated rings. The van der Waals surface area contributed by atoms with Crippen LogP contribution in [0.1, 0.15) is 17.4 Å². The summed E-state index contributed by atoms with van der Waals surface area (Å²) < 4.78 is 2.88. The van der Waals surface area contributed by atoms with E-state index in [9.17, 15) is 0 Å². The fourth-order valence-electron chi connectivity index (χ4n) is 2.15. The second kappa shape index (κ2) is 7.35. The monoisotopic (exact) mass is 371 g/mol. The van der Waals surface area contributed by atoms with Crippen molar-refractivity contribution in [1.29, 1.82) is 0 Å². The maximum atomic E-state index is 6.36. The highest BCUT2D eigenvalue weighted by atomic mass is 79.9. The van der Waals surface area contributed by atoms with E-state index in [2.05, 4.69) is 36.2 Å². The molecule has 0 amide bonds. The van der Waals surface area contributed by atoms with Crippen LogP contribution in [0.2, 0.25) is 5.02 Å². The van der Waals surface area contributed by atoms with Crippen LogP contribution in [0.4, 0.5) is 0 Å². The molecule has 0 bridgehead atoms. The second-order valence-electron chi connectivity index (χ2n) is 5.00. The van der Waals surface area contributed by atoms with Crippen molar-refractivity contribution in [3.05, 3.63) is 45.4 Å². The van der Waals surface area contributed by atoms with E-state index in [0.29, 0.717) is 5.02 Å². The molecule has 0 radical (unpaired) electrons. The Hall–Kier alpha value is -0.950. The standard InChI is InChI=1S/C14H19BrClN5/c1-17-13(12-10(15)5-4-6-18-12)14-11(16)9-19-21(14)8-7-20(2)3/h4-6,9,13,17H,7-8H2,1-3H3. The Labute approximate surface area is 138 Å². The molecule has 1 unspecified atom stereocenters. The molecule has 7 heteroatoms. The Morgan fingerprint density at radius 2 is 2.24 bits per heavy atom. The van der Waals surface area contributed by atoms with E-state index in [1.165, 1.54) is 0 Å². The summed E-state index contributed by atoms with van der Waals surface area (Å²) >= 11 is 9.91. The quantitative estimate of drug-likeness (QED) is 0.846. The summed E-state index contributed by atoms with van der Waals surface area (Å²) in [5, 5.41) is 8.31. The Morgan fingerprint density at radius 3 is 2.86 bits per heavy atom. The van der Waals surface area contributed by atoms with Gasteiger partial charge in [0.05, 0.1) is 35.2 Å². The van der Waals surface area contributed by atoms with Crippen molar-refractivity contribution in [2.75, 3.05) is 27.7 Å². The van der Waals surface area contributed by atoms with Gasteiger partial charge in [-0.3, -0.25) is 9.67 Å². The summed E-state index contributed by atoms with van der Waals surface area (Å²) in [7, 11) is 5.97. The number of nitrogens with one attached hydrogen (secondary N) is 1. The predicted molar refractivity (Wildman–Crippen MR) is 88.6 cm³/mol. The van der Waals surface area contributed by atoms with E-state index < -0.39 is 0 Å². The van der Waals surface area contributed by atoms with Crippen molar-refractivity contribution in [2.45, 2.75) is 12.6 Å². The molecule has 2 heterocycles. The minimum Gasteiger partial charge on any atom is -0.308 e. The van der Waals surface area contributed by atoms with Crippen LogP contribution in [0.25, 0.3) is 0 Å². The van der Waals surface area contributed by atoms with E-state index in [-0.39, 0.29) is 6.04 Å². The Morgan fingerprint density at radius 1 is 1.48 bits per heavy atom. The smallest absolute Gasteiger partial charge is 0.0946 e. The fraction of sp³-hybridized carbons (Fsp3) is 0.429. The molecule has 1 N–H and O–H groups in total. The highest BCUT2D eigenvalue weighted by molar-refractivity contribution is 9.10. The summed E-state index contributed by atoms with van der Waals surface area (Å²) in [4.78, 5) is 6.58. The number of rotatable bonds is 6. The van der Waals surface area contributed by atoms with E-state index in [1.54, 1.807) is 12.4 Å². The van der Waals surface area contributed by atoms with Gasteiger partial charge in [-0.1, -0.05) is 11.6 Å². The summed E-state index contributed by atoms with van der Waals surface area (Å²) in [6.45, 7) is 1.67. The lowest BCUT2D eigenvalue weighted by Gasteiger charge is -2.20. The Kier molecular flexibility index (Phi) is 5.75. The van der Waals surface area contributed by atoms with Crippen LogP contribution in [-0.2, 0) is 6.54 Å². The lowest BCUT2D eigenvalue weighted by atomic mass is 10.1. The van der Waals surface area contributed by atoms with Crippen LogP contribution < -0.4 is 5.32 Å². The average molecular weight is 373 g/mol. The summed E-state index contributed by atoms with van der Waals surface area (Å²) in [5.74, 6) is 0. The molecule has 0 saturated carbocycles. The molecule has 2 rings (SSSR count). The van der Waals surface area contributed by atoms with Crippen molar-refractivity contribution >= 4 is 27.5 Å². The number of nitrogens with zero attached hydrogens (tertiary/aromatic N) is 4. The van der Waals surface area contributed by atoms with Crippen molar-refractivity contribution in [2.24, 2.45) is 0 Å². The number of hydrogen-bond acceptors (Lipinski definition) is 4. The molecular weight excluding hydrogens is 354 g/mol. The van der Waals surface area contributed by atoms with Crippen LogP contribution in [-0.4, -0.2) is 47.4 Å². The minimum absolute atomic E-state index is 0.113. The van der Waals surface area contributed by atoms with Crippen molar-refractivity contribution < 1.29 is 0 Å². The molecule has 0 spiro atoms. The van der Waals surface area contributed by atoms with Gasteiger partial charge in [0, 0.05) is 17.2 Å². The third kappa shape index (κ3) is 3.83. The molecule has 2 aromatic rings. The Balaban J connectivity index is 2.38. The van der Waals surface area contributed by atoms with E-state index in [1.807, 2.05) is 38.0 Å². The summed E-state index contributed by atoms with van der Waals surface area (Å²) in [6.07, 6.45) is 3.46. The SMILES string of the molecule is CNC(c1ncccc1Br)c1c(Cl)cnn1CCN(C)C. The molecule has 1 atom stereocenters. The van der Waals surface area contributed by atoms with Crippen LogP contribution >= 0.6 is 27.5 Å². The average Bonchev–Trinajstić information content (AvgIpc) is 2.81. The molecule has 0 saturated heterocycles. The maximum Gasteiger partial charge on any atom is 0.0946 e. The van der Waals surface area contributed by atoms with E-state index >= 15 is 0 Å². The normalized spacial score (nSPS) is 12.9. The van der Waals surface area contributed by atoms with Gasteiger partial charge in [0.2, 0.25) is 0 Å². The number of halogens is 2. The van der Waals surface area contributed by atoms with Crippen LogP contribution in [0.5, 0.6) is 0 Å². The maximum absolute atomic E-state index is 6.36. The number of aromatic nitrogens is 3. The number of likely N-dealkylation sites (N-methyl/N-ethyl adjacent to an activating group) is 1. The molecule has 114 valence electrons. The van der Waals surface area contributed by atoms with Gasteiger partial charge in [0.25, 0.3) is 0 Å². The molecular formula is C14H19BrClN5. The van der Waals surface area contributed by atoms with Gasteiger partial charge in [-0.05, 0) is 49.2 Å². The van der Waals surface area contributed by atoms with Crippen LogP contribution in [0.3, 0.4) is 0 Å².